The maximum absolute atomic E-state index is 13.4. The van der Waals surface area contributed by atoms with E-state index in [0.717, 1.165) is 4.31 Å². The van der Waals surface area contributed by atoms with E-state index in [4.69, 9.17) is 9.47 Å². The summed E-state index contributed by atoms with van der Waals surface area (Å²) in [4.78, 5) is 25.7. The number of carbonyl (C=O) groups is 1. The fourth-order valence-electron chi connectivity index (χ4n) is 3.97. The van der Waals surface area contributed by atoms with Gasteiger partial charge in [0.15, 0.2) is 0 Å². The molecule has 0 atom stereocenters. The molecule has 0 aromatic heterocycles. The van der Waals surface area contributed by atoms with E-state index in [1.807, 2.05) is 4.90 Å². The summed E-state index contributed by atoms with van der Waals surface area (Å²) in [7, 11) is -2.61. The molecule has 0 spiro atoms. The van der Waals surface area contributed by atoms with Gasteiger partial charge in [-0.05, 0) is 42.5 Å². The predicted molar refractivity (Wildman–Crippen MR) is 146 cm³/mol. The second-order valence-corrected chi connectivity index (χ2v) is 10.3. The number of benzene rings is 3. The van der Waals surface area contributed by atoms with Gasteiger partial charge in [-0.25, -0.2) is 13.8 Å². The molecule has 1 aliphatic rings. The van der Waals surface area contributed by atoms with Crippen molar-refractivity contribution in [2.75, 3.05) is 49.2 Å². The molecule has 4 rings (SSSR count). The molecule has 0 unspecified atom stereocenters. The Morgan fingerprint density at radius 3 is 2.46 bits per heavy atom. The highest BCUT2D eigenvalue weighted by Gasteiger charge is 2.27. The third-order valence-electron chi connectivity index (χ3n) is 5.95. The van der Waals surface area contributed by atoms with Crippen LogP contribution in [0.4, 0.5) is 17.1 Å². The maximum Gasteiger partial charge on any atom is 0.270 e. The lowest BCUT2D eigenvalue weighted by atomic mass is 10.1. The molecule has 12 nitrogen and oxygen atoms in total. The van der Waals surface area contributed by atoms with E-state index in [1.54, 1.807) is 36.4 Å². The molecular formula is C26H27N5O7S. The molecule has 39 heavy (non-hydrogen) atoms. The Kier molecular flexibility index (Phi) is 8.74. The third-order valence-corrected chi connectivity index (χ3v) is 7.73. The number of sulfonamides is 1. The van der Waals surface area contributed by atoms with E-state index in [1.165, 1.54) is 49.7 Å². The van der Waals surface area contributed by atoms with Crippen molar-refractivity contribution >= 4 is 39.2 Å². The Labute approximate surface area is 225 Å². The average Bonchev–Trinajstić information content (AvgIpc) is 2.96. The Balaban J connectivity index is 1.57. The van der Waals surface area contributed by atoms with Gasteiger partial charge < -0.3 is 14.4 Å². The summed E-state index contributed by atoms with van der Waals surface area (Å²) >= 11 is 0. The van der Waals surface area contributed by atoms with Gasteiger partial charge >= 0.3 is 0 Å². The fraction of sp³-hybridized carbons (Fsp3) is 0.231. The van der Waals surface area contributed by atoms with Gasteiger partial charge in [0.05, 0.1) is 42.0 Å². The average molecular weight is 554 g/mol. The van der Waals surface area contributed by atoms with E-state index in [-0.39, 0.29) is 16.3 Å². The lowest BCUT2D eigenvalue weighted by molar-refractivity contribution is -0.384. The van der Waals surface area contributed by atoms with Crippen LogP contribution in [0.1, 0.15) is 5.56 Å². The van der Waals surface area contributed by atoms with Crippen LogP contribution in [0, 0.1) is 10.1 Å². The van der Waals surface area contributed by atoms with Crippen LogP contribution in [0.15, 0.2) is 82.8 Å². The molecule has 3 aromatic rings. The molecule has 13 heteroatoms. The minimum absolute atomic E-state index is 0.0175. The molecule has 0 bridgehead atoms. The number of nitrogens with zero attached hydrogens (tertiary/aromatic N) is 4. The van der Waals surface area contributed by atoms with Gasteiger partial charge in [-0.3, -0.25) is 19.2 Å². The van der Waals surface area contributed by atoms with Gasteiger partial charge in [-0.1, -0.05) is 18.2 Å². The summed E-state index contributed by atoms with van der Waals surface area (Å²) in [5, 5.41) is 15.3. The molecule has 3 aromatic carbocycles. The fourth-order valence-corrected chi connectivity index (χ4v) is 5.42. The van der Waals surface area contributed by atoms with Crippen LogP contribution in [0.3, 0.4) is 0 Å². The van der Waals surface area contributed by atoms with Crippen LogP contribution in [0.5, 0.6) is 5.75 Å². The largest absolute Gasteiger partial charge is 0.497 e. The Morgan fingerprint density at radius 2 is 1.82 bits per heavy atom. The summed E-state index contributed by atoms with van der Waals surface area (Å²) in [6, 6.07) is 18.4. The Hall–Kier alpha value is -4.49. The first-order valence-electron chi connectivity index (χ1n) is 11.9. The number of hydrogen-bond acceptors (Lipinski definition) is 9. The molecule has 1 heterocycles. The van der Waals surface area contributed by atoms with Crippen LogP contribution in [-0.4, -0.2) is 65.4 Å². The zero-order valence-corrected chi connectivity index (χ0v) is 21.9. The molecule has 1 amide bonds. The van der Waals surface area contributed by atoms with Gasteiger partial charge in [-0.2, -0.15) is 5.10 Å². The van der Waals surface area contributed by atoms with Crippen LogP contribution < -0.4 is 19.4 Å². The van der Waals surface area contributed by atoms with Crippen LogP contribution in [0.25, 0.3) is 0 Å². The molecular weight excluding hydrogens is 526 g/mol. The molecule has 1 N–H and O–H groups in total. The summed E-state index contributed by atoms with van der Waals surface area (Å²) < 4.78 is 38.4. The monoisotopic (exact) mass is 553 g/mol. The highest BCUT2D eigenvalue weighted by Crippen LogP contribution is 2.27. The number of non-ortho nitro benzene ring substituents is 1. The van der Waals surface area contributed by atoms with Crippen molar-refractivity contribution in [3.05, 3.63) is 88.5 Å². The number of nitro benzene ring substituents is 1. The van der Waals surface area contributed by atoms with Gasteiger partial charge in [-0.15, -0.1) is 0 Å². The van der Waals surface area contributed by atoms with Crippen molar-refractivity contribution in [3.8, 4) is 5.75 Å². The highest BCUT2D eigenvalue weighted by molar-refractivity contribution is 7.92. The number of amides is 1. The number of ether oxygens (including phenoxy) is 2. The van der Waals surface area contributed by atoms with E-state index >= 15 is 0 Å². The smallest absolute Gasteiger partial charge is 0.270 e. The zero-order valence-electron chi connectivity index (χ0n) is 21.1. The topological polar surface area (TPSA) is 144 Å². The minimum atomic E-state index is -4.10. The van der Waals surface area contributed by atoms with Crippen LogP contribution in [0.2, 0.25) is 0 Å². The normalized spacial score (nSPS) is 13.7. The molecule has 1 aliphatic heterocycles. The molecule has 204 valence electrons. The lowest BCUT2D eigenvalue weighted by Crippen LogP contribution is -2.39. The van der Waals surface area contributed by atoms with E-state index in [9.17, 15) is 23.3 Å². The summed E-state index contributed by atoms with van der Waals surface area (Å²) in [6.45, 7) is 1.66. The summed E-state index contributed by atoms with van der Waals surface area (Å²) in [5.41, 5.74) is 3.60. The minimum Gasteiger partial charge on any atom is -0.497 e. The number of anilines is 2. The first-order chi connectivity index (χ1) is 18.8. The number of nitrogens with one attached hydrogen (secondary N) is 1. The molecule has 1 saturated heterocycles. The van der Waals surface area contributed by atoms with Gasteiger partial charge in [0.25, 0.3) is 21.6 Å². The number of rotatable bonds is 10. The molecule has 1 fully saturated rings. The van der Waals surface area contributed by atoms with Gasteiger partial charge in [0, 0.05) is 36.5 Å². The number of morpholine rings is 1. The van der Waals surface area contributed by atoms with E-state index < -0.39 is 27.4 Å². The van der Waals surface area contributed by atoms with Crippen molar-refractivity contribution in [1.29, 1.82) is 0 Å². The predicted octanol–water partition coefficient (Wildman–Crippen LogP) is 2.79. The standard InChI is InChI=1S/C26H27N5O7S/c1-37-23-10-7-21(8-11-23)30(39(35,36)24-5-3-2-4-6-24)19-26(32)28-27-18-20-17-22(31(33)34)9-12-25(20)29-13-15-38-16-14-29/h2-12,17-18H,13-16,19H2,1H3,(H,28,32)/b27-18-. The number of nitro groups is 1. The van der Waals surface area contributed by atoms with Crippen molar-refractivity contribution < 1.29 is 27.6 Å². The number of hydrazone groups is 1. The Morgan fingerprint density at radius 1 is 1.13 bits per heavy atom. The second kappa shape index (κ2) is 12.4. The quantitative estimate of drug-likeness (QED) is 0.229. The van der Waals surface area contributed by atoms with E-state index in [0.29, 0.717) is 43.3 Å². The second-order valence-electron chi connectivity index (χ2n) is 8.42. The summed E-state index contributed by atoms with van der Waals surface area (Å²) in [5.74, 6) is -0.183. The number of carbonyl (C=O) groups excluding carboxylic acids is 1. The number of hydrogen-bond donors (Lipinski definition) is 1. The number of methoxy groups -OCH3 is 1. The maximum atomic E-state index is 13.4. The van der Waals surface area contributed by atoms with Crippen molar-refractivity contribution in [1.82, 2.24) is 5.43 Å². The van der Waals surface area contributed by atoms with Crippen molar-refractivity contribution in [2.45, 2.75) is 4.90 Å². The van der Waals surface area contributed by atoms with Crippen LogP contribution >= 0.6 is 0 Å². The third kappa shape index (κ3) is 6.69. The summed E-state index contributed by atoms with van der Waals surface area (Å²) in [6.07, 6.45) is 1.30. The Bertz CT molecular complexity index is 1440. The molecule has 0 radical (unpaired) electrons. The van der Waals surface area contributed by atoms with Crippen LogP contribution in [-0.2, 0) is 19.6 Å². The van der Waals surface area contributed by atoms with Crippen molar-refractivity contribution in [3.63, 3.8) is 0 Å². The molecule has 0 aliphatic carbocycles. The SMILES string of the molecule is COc1ccc(N(CC(=O)N/N=C\c2cc([N+](=O)[O-])ccc2N2CCOCC2)S(=O)(=O)c2ccccc2)cc1. The zero-order chi connectivity index (χ0) is 27.8. The first-order valence-corrected chi connectivity index (χ1v) is 13.4. The lowest BCUT2D eigenvalue weighted by Gasteiger charge is -2.29. The molecule has 0 saturated carbocycles. The van der Waals surface area contributed by atoms with Gasteiger partial charge in [0.2, 0.25) is 0 Å². The highest BCUT2D eigenvalue weighted by atomic mass is 32.2. The van der Waals surface area contributed by atoms with Crippen molar-refractivity contribution in [2.24, 2.45) is 5.10 Å². The van der Waals surface area contributed by atoms with Gasteiger partial charge in [0.1, 0.15) is 12.3 Å². The van der Waals surface area contributed by atoms with E-state index in [2.05, 4.69) is 10.5 Å². The first kappa shape index (κ1) is 27.5.